The topological polar surface area (TPSA) is 57.7 Å². The summed E-state index contributed by atoms with van der Waals surface area (Å²) >= 11 is 5.84. The molecule has 0 N–H and O–H groups in total. The third kappa shape index (κ3) is 4.93. The fraction of sp³-hybridized carbons (Fsp3) is 0.562. The number of benzene rings is 1. The van der Waals surface area contributed by atoms with Crippen molar-refractivity contribution in [3.05, 3.63) is 34.9 Å². The molecule has 0 radical (unpaired) electrons. The maximum Gasteiger partial charge on any atom is 0.253 e. The summed E-state index contributed by atoms with van der Waals surface area (Å²) in [5, 5.41) is 0.589. The number of carbonyl (C=O) groups is 1. The molecular formula is C16H23ClN2O3S. The van der Waals surface area contributed by atoms with Crippen LogP contribution in [0.15, 0.2) is 24.3 Å². The van der Waals surface area contributed by atoms with Crippen LogP contribution in [0.1, 0.15) is 36.5 Å². The van der Waals surface area contributed by atoms with E-state index >= 15 is 0 Å². The maximum atomic E-state index is 12.5. The monoisotopic (exact) mass is 358 g/mol. The van der Waals surface area contributed by atoms with Crippen LogP contribution in [0.4, 0.5) is 0 Å². The SMILES string of the molecule is CCCCS(=O)(=O)N1CCCN(C(=O)c2ccc(Cl)cc2)CC1. The van der Waals surface area contributed by atoms with Crippen LogP contribution in [-0.2, 0) is 10.0 Å². The molecule has 1 amide bonds. The summed E-state index contributed by atoms with van der Waals surface area (Å²) in [6.07, 6.45) is 2.19. The Balaban J connectivity index is 2.00. The first-order chi connectivity index (χ1) is 10.9. The van der Waals surface area contributed by atoms with E-state index in [0.717, 1.165) is 6.42 Å². The van der Waals surface area contributed by atoms with Crippen molar-refractivity contribution in [3.8, 4) is 0 Å². The lowest BCUT2D eigenvalue weighted by atomic mass is 10.2. The van der Waals surface area contributed by atoms with Gasteiger partial charge >= 0.3 is 0 Å². The second kappa shape index (κ2) is 8.13. The Morgan fingerprint density at radius 2 is 1.83 bits per heavy atom. The van der Waals surface area contributed by atoms with Gasteiger partial charge in [0.25, 0.3) is 5.91 Å². The molecule has 1 aliphatic rings. The van der Waals surface area contributed by atoms with E-state index in [4.69, 9.17) is 11.6 Å². The largest absolute Gasteiger partial charge is 0.337 e. The van der Waals surface area contributed by atoms with Crippen LogP contribution >= 0.6 is 11.6 Å². The van der Waals surface area contributed by atoms with Crippen molar-refractivity contribution in [2.45, 2.75) is 26.2 Å². The molecule has 1 saturated heterocycles. The molecule has 1 aliphatic heterocycles. The number of hydrogen-bond acceptors (Lipinski definition) is 3. The average Bonchev–Trinajstić information content (AvgIpc) is 2.79. The van der Waals surface area contributed by atoms with Crippen LogP contribution in [0, 0.1) is 0 Å². The highest BCUT2D eigenvalue weighted by Gasteiger charge is 2.26. The number of hydrogen-bond donors (Lipinski definition) is 0. The molecule has 1 fully saturated rings. The third-order valence-electron chi connectivity index (χ3n) is 3.98. The number of sulfonamides is 1. The van der Waals surface area contributed by atoms with Gasteiger partial charge in [-0.25, -0.2) is 12.7 Å². The van der Waals surface area contributed by atoms with Crippen LogP contribution in [-0.4, -0.2) is 55.5 Å². The molecule has 7 heteroatoms. The Morgan fingerprint density at radius 3 is 2.48 bits per heavy atom. The van der Waals surface area contributed by atoms with Gasteiger partial charge in [0, 0.05) is 36.8 Å². The smallest absolute Gasteiger partial charge is 0.253 e. The normalized spacial score (nSPS) is 17.0. The summed E-state index contributed by atoms with van der Waals surface area (Å²) in [6, 6.07) is 6.78. The van der Waals surface area contributed by atoms with Crippen molar-refractivity contribution in [3.63, 3.8) is 0 Å². The van der Waals surface area contributed by atoms with Crippen molar-refractivity contribution in [2.24, 2.45) is 0 Å². The van der Waals surface area contributed by atoms with Crippen molar-refractivity contribution >= 4 is 27.5 Å². The van der Waals surface area contributed by atoms with Crippen LogP contribution in [0.2, 0.25) is 5.02 Å². The first kappa shape index (κ1) is 18.2. The van der Waals surface area contributed by atoms with Gasteiger partial charge in [-0.2, -0.15) is 0 Å². The van der Waals surface area contributed by atoms with E-state index in [1.807, 2.05) is 6.92 Å². The molecular weight excluding hydrogens is 336 g/mol. The van der Waals surface area contributed by atoms with Gasteiger partial charge < -0.3 is 4.90 Å². The van der Waals surface area contributed by atoms with Crippen molar-refractivity contribution in [2.75, 3.05) is 31.9 Å². The highest BCUT2D eigenvalue weighted by molar-refractivity contribution is 7.89. The van der Waals surface area contributed by atoms with Gasteiger partial charge in [-0.1, -0.05) is 24.9 Å². The summed E-state index contributed by atoms with van der Waals surface area (Å²) in [4.78, 5) is 14.2. The predicted molar refractivity (Wildman–Crippen MR) is 92.2 cm³/mol. The summed E-state index contributed by atoms with van der Waals surface area (Å²) < 4.78 is 26.1. The number of amides is 1. The quantitative estimate of drug-likeness (QED) is 0.813. The van der Waals surface area contributed by atoms with E-state index < -0.39 is 10.0 Å². The van der Waals surface area contributed by atoms with Crippen molar-refractivity contribution < 1.29 is 13.2 Å². The zero-order valence-corrected chi connectivity index (χ0v) is 14.9. The second-order valence-corrected chi connectivity index (χ2v) is 8.25. The molecule has 0 aromatic heterocycles. The average molecular weight is 359 g/mol. The molecule has 5 nitrogen and oxygen atoms in total. The number of carbonyl (C=O) groups excluding carboxylic acids is 1. The van der Waals surface area contributed by atoms with Crippen LogP contribution < -0.4 is 0 Å². The fourth-order valence-electron chi connectivity index (χ4n) is 2.61. The molecule has 23 heavy (non-hydrogen) atoms. The molecule has 0 spiro atoms. The number of rotatable bonds is 5. The van der Waals surface area contributed by atoms with Crippen molar-refractivity contribution in [1.82, 2.24) is 9.21 Å². The molecule has 128 valence electrons. The molecule has 0 bridgehead atoms. The van der Waals surface area contributed by atoms with Gasteiger partial charge in [-0.15, -0.1) is 0 Å². The van der Waals surface area contributed by atoms with E-state index in [-0.39, 0.29) is 11.7 Å². The van der Waals surface area contributed by atoms with E-state index in [1.54, 1.807) is 29.2 Å². The molecule has 0 aliphatic carbocycles. The summed E-state index contributed by atoms with van der Waals surface area (Å²) in [5.41, 5.74) is 0.580. The highest BCUT2D eigenvalue weighted by Crippen LogP contribution is 2.15. The third-order valence-corrected chi connectivity index (χ3v) is 6.19. The Hall–Kier alpha value is -1.11. The van der Waals surface area contributed by atoms with Gasteiger partial charge in [-0.05, 0) is 37.1 Å². The zero-order valence-electron chi connectivity index (χ0n) is 13.4. The minimum Gasteiger partial charge on any atom is -0.337 e. The Morgan fingerprint density at radius 1 is 1.13 bits per heavy atom. The summed E-state index contributed by atoms with van der Waals surface area (Å²) in [6.45, 7) is 3.82. The molecule has 0 unspecified atom stereocenters. The summed E-state index contributed by atoms with van der Waals surface area (Å²) in [5.74, 6) is 0.115. The molecule has 1 aromatic carbocycles. The Bertz CT molecular complexity index is 631. The van der Waals surface area contributed by atoms with E-state index in [2.05, 4.69) is 0 Å². The summed E-state index contributed by atoms with van der Waals surface area (Å²) in [7, 11) is -3.21. The van der Waals surface area contributed by atoms with Crippen molar-refractivity contribution in [1.29, 1.82) is 0 Å². The second-order valence-electron chi connectivity index (χ2n) is 5.72. The molecule has 0 saturated carbocycles. The number of nitrogens with zero attached hydrogens (tertiary/aromatic N) is 2. The highest BCUT2D eigenvalue weighted by atomic mass is 35.5. The van der Waals surface area contributed by atoms with Gasteiger partial charge in [0.15, 0.2) is 0 Å². The van der Waals surface area contributed by atoms with Crippen LogP contribution in [0.25, 0.3) is 0 Å². The fourth-order valence-corrected chi connectivity index (χ4v) is 4.41. The lowest BCUT2D eigenvalue weighted by Gasteiger charge is -2.22. The first-order valence-corrected chi connectivity index (χ1v) is 9.95. The first-order valence-electron chi connectivity index (χ1n) is 7.96. The van der Waals surface area contributed by atoms with E-state index in [9.17, 15) is 13.2 Å². The Kier molecular flexibility index (Phi) is 6.44. The Labute approximate surface area is 143 Å². The predicted octanol–water partition coefficient (Wildman–Crippen LogP) is 2.62. The van der Waals surface area contributed by atoms with E-state index in [1.165, 1.54) is 4.31 Å². The zero-order chi connectivity index (χ0) is 16.9. The lowest BCUT2D eigenvalue weighted by molar-refractivity contribution is 0.0764. The van der Waals surface area contributed by atoms with Crippen LogP contribution in [0.3, 0.4) is 0 Å². The molecule has 2 rings (SSSR count). The standard InChI is InChI=1S/C16H23ClN2O3S/c1-2-3-13-23(21,22)19-10-4-9-18(11-12-19)16(20)14-5-7-15(17)8-6-14/h5-8H,2-4,9-13H2,1H3. The number of unbranched alkanes of at least 4 members (excludes halogenated alkanes) is 1. The number of halogens is 1. The van der Waals surface area contributed by atoms with Gasteiger partial charge in [0.05, 0.1) is 5.75 Å². The molecule has 0 atom stereocenters. The maximum absolute atomic E-state index is 12.5. The van der Waals surface area contributed by atoms with Gasteiger partial charge in [0.1, 0.15) is 0 Å². The van der Waals surface area contributed by atoms with Crippen LogP contribution in [0.5, 0.6) is 0 Å². The molecule has 1 heterocycles. The minimum absolute atomic E-state index is 0.0746. The lowest BCUT2D eigenvalue weighted by Crippen LogP contribution is -2.38. The van der Waals surface area contributed by atoms with Gasteiger partial charge in [0.2, 0.25) is 10.0 Å². The molecule has 1 aromatic rings. The van der Waals surface area contributed by atoms with Gasteiger partial charge in [-0.3, -0.25) is 4.79 Å². The minimum atomic E-state index is -3.21. The van der Waals surface area contributed by atoms with E-state index in [0.29, 0.717) is 49.6 Å².